The molecule has 29 heavy (non-hydrogen) atoms. The summed E-state index contributed by atoms with van der Waals surface area (Å²) >= 11 is 0. The maximum absolute atomic E-state index is 9.41. The van der Waals surface area contributed by atoms with Gasteiger partial charge in [0.1, 0.15) is 11.8 Å². The molecule has 1 aromatic carbocycles. The molecule has 0 aliphatic carbocycles. The maximum atomic E-state index is 9.41. The van der Waals surface area contributed by atoms with Crippen LogP contribution >= 0.6 is 0 Å². The van der Waals surface area contributed by atoms with Gasteiger partial charge >= 0.3 is 0 Å². The van der Waals surface area contributed by atoms with Gasteiger partial charge in [-0.15, -0.1) is 0 Å². The molecule has 0 spiro atoms. The number of fused-ring (bicyclic) bond motifs is 3. The Morgan fingerprint density at radius 3 is 2.97 bits per heavy atom. The Balaban J connectivity index is 1.72. The van der Waals surface area contributed by atoms with E-state index in [-0.39, 0.29) is 5.41 Å². The number of nitrogens with zero attached hydrogens (tertiary/aromatic N) is 4. The van der Waals surface area contributed by atoms with Crippen molar-refractivity contribution in [2.45, 2.75) is 45.6 Å². The predicted molar refractivity (Wildman–Crippen MR) is 111 cm³/mol. The first-order valence-electron chi connectivity index (χ1n) is 10.6. The standard InChI is InChI=1S/C24H24N4O/c1-3-24-10-6-11-27-12-9-17-16-7-4-5-8-18(16)28(21(17)22(24)27)19(13-24)23-26-15(2)20(14-25)29-23/h4-5,7-8,13,22H,3,6,9-12H2,1-2H3/t22-,24?/m1/s1. The molecule has 0 saturated carbocycles. The van der Waals surface area contributed by atoms with Crippen LogP contribution in [0.1, 0.15) is 60.8 Å². The van der Waals surface area contributed by atoms with Crippen LogP contribution < -0.4 is 0 Å². The van der Waals surface area contributed by atoms with E-state index >= 15 is 0 Å². The highest BCUT2D eigenvalue weighted by atomic mass is 16.4. The summed E-state index contributed by atoms with van der Waals surface area (Å²) in [4.78, 5) is 7.36. The molecule has 5 heteroatoms. The van der Waals surface area contributed by atoms with Gasteiger partial charge in [-0.25, -0.2) is 4.98 Å². The molecule has 3 aromatic rings. The minimum atomic E-state index is 0.0856. The third kappa shape index (κ3) is 2.10. The fraction of sp³-hybridized carbons (Fsp3) is 0.417. The molecule has 2 aromatic heterocycles. The van der Waals surface area contributed by atoms with Crippen LogP contribution in [0.15, 0.2) is 34.8 Å². The van der Waals surface area contributed by atoms with Gasteiger partial charge in [-0.2, -0.15) is 5.26 Å². The summed E-state index contributed by atoms with van der Waals surface area (Å²) in [5.74, 6) is 0.876. The molecule has 3 aliphatic heterocycles. The highest BCUT2D eigenvalue weighted by Gasteiger charge is 2.50. The van der Waals surface area contributed by atoms with E-state index in [4.69, 9.17) is 4.42 Å². The molecule has 0 radical (unpaired) electrons. The van der Waals surface area contributed by atoms with Gasteiger partial charge in [-0.05, 0) is 56.9 Å². The lowest BCUT2D eigenvalue weighted by Crippen LogP contribution is -2.50. The molecule has 0 amide bonds. The van der Waals surface area contributed by atoms with Crippen molar-refractivity contribution >= 4 is 16.6 Å². The van der Waals surface area contributed by atoms with Crippen LogP contribution in [0.4, 0.5) is 0 Å². The summed E-state index contributed by atoms with van der Waals surface area (Å²) in [6.45, 7) is 6.46. The van der Waals surface area contributed by atoms with E-state index in [1.54, 1.807) is 0 Å². The van der Waals surface area contributed by atoms with E-state index in [1.165, 1.54) is 41.5 Å². The molecule has 5 heterocycles. The summed E-state index contributed by atoms with van der Waals surface area (Å²) < 4.78 is 8.34. The molecule has 0 N–H and O–H groups in total. The van der Waals surface area contributed by atoms with Crippen LogP contribution in [0.3, 0.4) is 0 Å². The van der Waals surface area contributed by atoms with Crippen molar-refractivity contribution in [1.82, 2.24) is 14.5 Å². The Bertz CT molecular complexity index is 1220. The normalized spacial score (nSPS) is 25.6. The molecule has 2 atom stereocenters. The van der Waals surface area contributed by atoms with Crippen LogP contribution in [-0.2, 0) is 6.42 Å². The first kappa shape index (κ1) is 17.1. The molecular weight excluding hydrogens is 360 g/mol. The van der Waals surface area contributed by atoms with Gasteiger partial charge in [0.2, 0.25) is 11.7 Å². The topological polar surface area (TPSA) is 58.0 Å². The van der Waals surface area contributed by atoms with E-state index in [9.17, 15) is 5.26 Å². The van der Waals surface area contributed by atoms with Crippen molar-refractivity contribution in [1.29, 1.82) is 5.26 Å². The third-order valence-corrected chi connectivity index (χ3v) is 7.37. The molecule has 1 saturated heterocycles. The Morgan fingerprint density at radius 1 is 1.31 bits per heavy atom. The summed E-state index contributed by atoms with van der Waals surface area (Å²) in [5, 5.41) is 10.8. The summed E-state index contributed by atoms with van der Waals surface area (Å²) in [5.41, 5.74) is 5.88. The molecule has 1 unspecified atom stereocenters. The number of oxazole rings is 1. The van der Waals surface area contributed by atoms with Crippen molar-refractivity contribution in [3.8, 4) is 6.07 Å². The fourth-order valence-electron chi connectivity index (χ4n) is 6.05. The van der Waals surface area contributed by atoms with Gasteiger partial charge in [-0.3, -0.25) is 4.90 Å². The first-order valence-corrected chi connectivity index (χ1v) is 10.6. The Labute approximate surface area is 170 Å². The minimum Gasteiger partial charge on any atom is -0.424 e. The number of hydrogen-bond acceptors (Lipinski definition) is 4. The number of nitriles is 1. The van der Waals surface area contributed by atoms with Gasteiger partial charge in [0.25, 0.3) is 0 Å². The zero-order valence-corrected chi connectivity index (χ0v) is 16.9. The number of rotatable bonds is 2. The van der Waals surface area contributed by atoms with Crippen molar-refractivity contribution < 1.29 is 4.42 Å². The van der Waals surface area contributed by atoms with Crippen LogP contribution in [0.25, 0.3) is 16.6 Å². The Kier molecular flexibility index (Phi) is 3.43. The zero-order valence-electron chi connectivity index (χ0n) is 16.9. The molecule has 0 bridgehead atoms. The lowest BCUT2D eigenvalue weighted by atomic mass is 9.66. The summed E-state index contributed by atoms with van der Waals surface area (Å²) in [6.07, 6.45) is 6.99. The second-order valence-corrected chi connectivity index (χ2v) is 8.67. The molecular formula is C24H24N4O. The van der Waals surface area contributed by atoms with E-state index in [1.807, 2.05) is 6.92 Å². The summed E-state index contributed by atoms with van der Waals surface area (Å²) in [6, 6.07) is 11.3. The molecule has 1 fully saturated rings. The lowest BCUT2D eigenvalue weighted by molar-refractivity contribution is 0.0269. The van der Waals surface area contributed by atoms with Crippen molar-refractivity contribution in [2.24, 2.45) is 5.41 Å². The number of para-hydroxylation sites is 1. The molecule has 146 valence electrons. The average molecular weight is 384 g/mol. The number of aryl methyl sites for hydroxylation is 1. The number of benzene rings is 1. The maximum Gasteiger partial charge on any atom is 0.244 e. The minimum absolute atomic E-state index is 0.0856. The largest absolute Gasteiger partial charge is 0.424 e. The fourth-order valence-corrected chi connectivity index (χ4v) is 6.05. The highest BCUT2D eigenvalue weighted by Crippen LogP contribution is 2.57. The number of piperidine rings is 1. The van der Waals surface area contributed by atoms with E-state index < -0.39 is 0 Å². The van der Waals surface area contributed by atoms with Crippen LogP contribution in [0.5, 0.6) is 0 Å². The second-order valence-electron chi connectivity index (χ2n) is 8.67. The summed E-state index contributed by atoms with van der Waals surface area (Å²) in [7, 11) is 0. The second kappa shape index (κ2) is 5.84. The smallest absolute Gasteiger partial charge is 0.244 e. The Hall–Kier alpha value is -2.84. The Morgan fingerprint density at radius 2 is 2.17 bits per heavy atom. The van der Waals surface area contributed by atoms with Gasteiger partial charge in [0.05, 0.1) is 17.3 Å². The van der Waals surface area contributed by atoms with Crippen molar-refractivity contribution in [3.05, 3.63) is 58.9 Å². The number of aromatic nitrogens is 2. The van der Waals surface area contributed by atoms with E-state index in [2.05, 4.69) is 57.8 Å². The first-order chi connectivity index (χ1) is 14.2. The highest BCUT2D eigenvalue weighted by molar-refractivity contribution is 5.91. The van der Waals surface area contributed by atoms with Crippen LogP contribution in [-0.4, -0.2) is 27.5 Å². The monoisotopic (exact) mass is 384 g/mol. The average Bonchev–Trinajstić information content (AvgIpc) is 3.30. The molecule has 6 rings (SSSR count). The van der Waals surface area contributed by atoms with E-state index in [0.29, 0.717) is 23.4 Å². The van der Waals surface area contributed by atoms with Gasteiger partial charge < -0.3 is 8.98 Å². The quantitative estimate of drug-likeness (QED) is 0.637. The molecule has 3 aliphatic rings. The zero-order chi connectivity index (χ0) is 19.8. The van der Waals surface area contributed by atoms with Gasteiger partial charge in [-0.1, -0.05) is 25.1 Å². The number of hydrogen-bond donors (Lipinski definition) is 0. The predicted octanol–water partition coefficient (Wildman–Crippen LogP) is 4.80. The third-order valence-electron chi connectivity index (χ3n) is 7.37. The van der Waals surface area contributed by atoms with Gasteiger partial charge in [0, 0.05) is 23.0 Å². The van der Waals surface area contributed by atoms with Crippen LogP contribution in [0, 0.1) is 23.7 Å². The van der Waals surface area contributed by atoms with Crippen LogP contribution in [0.2, 0.25) is 0 Å². The SMILES string of the molecule is CCC12C=C(c3nc(C)c(C#N)o3)n3c4c(c5ccccc53)CCN(CCC1)[C@H]42. The molecule has 5 nitrogen and oxygen atoms in total. The van der Waals surface area contributed by atoms with Crippen molar-refractivity contribution in [3.63, 3.8) is 0 Å². The van der Waals surface area contributed by atoms with E-state index in [0.717, 1.165) is 25.1 Å². The van der Waals surface area contributed by atoms with Gasteiger partial charge in [0.15, 0.2) is 0 Å². The van der Waals surface area contributed by atoms with Crippen molar-refractivity contribution in [2.75, 3.05) is 13.1 Å². The lowest BCUT2D eigenvalue weighted by Gasteiger charge is -2.53.